The number of thiophene rings is 1. The van der Waals surface area contributed by atoms with Gasteiger partial charge in [0.1, 0.15) is 11.1 Å². The Morgan fingerprint density at radius 3 is 2.72 bits per heavy atom. The van der Waals surface area contributed by atoms with Crippen LogP contribution in [0.15, 0.2) is 40.9 Å². The number of hydrogen-bond acceptors (Lipinski definition) is 7. The zero-order valence-corrected chi connectivity index (χ0v) is 20.0. The van der Waals surface area contributed by atoms with Crippen LogP contribution < -0.4 is 5.32 Å². The number of thioether (sulfide) groups is 1. The van der Waals surface area contributed by atoms with Crippen molar-refractivity contribution in [1.82, 2.24) is 19.7 Å². The van der Waals surface area contributed by atoms with Crippen LogP contribution >= 0.6 is 34.7 Å². The van der Waals surface area contributed by atoms with E-state index in [1.807, 2.05) is 28.8 Å². The summed E-state index contributed by atoms with van der Waals surface area (Å²) in [6.45, 7) is 4.24. The minimum absolute atomic E-state index is 0.103. The summed E-state index contributed by atoms with van der Waals surface area (Å²) in [6.07, 6.45) is 3.64. The van der Waals surface area contributed by atoms with Crippen LogP contribution in [0.1, 0.15) is 43.6 Å². The molecule has 1 aliphatic rings. The maximum Gasteiger partial charge on any atom is 0.235 e. The van der Waals surface area contributed by atoms with Crippen molar-refractivity contribution in [2.75, 3.05) is 24.2 Å². The van der Waals surface area contributed by atoms with Crippen LogP contribution in [0.3, 0.4) is 0 Å². The van der Waals surface area contributed by atoms with Gasteiger partial charge >= 0.3 is 0 Å². The molecule has 1 atom stereocenters. The van der Waals surface area contributed by atoms with Gasteiger partial charge in [-0.2, -0.15) is 5.26 Å². The summed E-state index contributed by atoms with van der Waals surface area (Å²) in [5, 5.41) is 24.5. The Kier molecular flexibility index (Phi) is 7.48. The normalized spacial score (nSPS) is 15.3. The Bertz CT molecular complexity index is 1110. The highest BCUT2D eigenvalue weighted by Gasteiger charge is 2.26. The molecule has 32 heavy (non-hydrogen) atoms. The molecule has 0 saturated carbocycles. The van der Waals surface area contributed by atoms with Crippen LogP contribution in [-0.4, -0.2) is 44.4 Å². The van der Waals surface area contributed by atoms with Crippen LogP contribution in [0.2, 0.25) is 5.02 Å². The zero-order chi connectivity index (χ0) is 22.5. The fraction of sp³-hybridized carbons (Fsp3) is 0.364. The number of piperidine rings is 1. The van der Waals surface area contributed by atoms with Gasteiger partial charge in [0.15, 0.2) is 11.0 Å². The molecule has 2 aromatic heterocycles. The predicted octanol–water partition coefficient (Wildman–Crippen LogP) is 5.13. The number of benzene rings is 1. The van der Waals surface area contributed by atoms with Gasteiger partial charge in [0, 0.05) is 10.7 Å². The summed E-state index contributed by atoms with van der Waals surface area (Å²) in [5.74, 6) is 0.819. The first-order valence-corrected chi connectivity index (χ1v) is 12.7. The first-order chi connectivity index (χ1) is 15.6. The standard InChI is InChI=1S/C22H23ClN6OS2/c1-15(28-10-3-2-4-11-28)20-26-27-22(29(20)18-7-5-17(23)6-8-18)32-14-19(30)25-21-16(13-24)9-12-31-21/h5-9,12,15H,2-4,10-11,14H2,1H3,(H,25,30)/t15-/m0/s1. The maximum atomic E-state index is 12.5. The third-order valence-corrected chi connectivity index (χ3v) is 7.44. The molecular weight excluding hydrogens is 464 g/mol. The van der Waals surface area contributed by atoms with E-state index in [9.17, 15) is 4.79 Å². The van der Waals surface area contributed by atoms with Crippen LogP contribution in [0.25, 0.3) is 5.69 Å². The number of likely N-dealkylation sites (tertiary alicyclic amines) is 1. The van der Waals surface area contributed by atoms with Gasteiger partial charge in [-0.15, -0.1) is 21.5 Å². The van der Waals surface area contributed by atoms with Gasteiger partial charge in [-0.05, 0) is 68.6 Å². The summed E-state index contributed by atoms with van der Waals surface area (Å²) >= 11 is 8.76. The monoisotopic (exact) mass is 486 g/mol. The summed E-state index contributed by atoms with van der Waals surface area (Å²) in [6, 6.07) is 11.4. The molecule has 1 N–H and O–H groups in total. The van der Waals surface area contributed by atoms with E-state index in [-0.39, 0.29) is 17.7 Å². The van der Waals surface area contributed by atoms with Gasteiger partial charge in [-0.1, -0.05) is 29.8 Å². The number of aromatic nitrogens is 3. The zero-order valence-electron chi connectivity index (χ0n) is 17.6. The van der Waals surface area contributed by atoms with Gasteiger partial charge in [0.05, 0.1) is 17.4 Å². The van der Waals surface area contributed by atoms with Crippen molar-refractivity contribution in [1.29, 1.82) is 5.26 Å². The summed E-state index contributed by atoms with van der Waals surface area (Å²) in [5.41, 5.74) is 1.38. The molecule has 7 nitrogen and oxygen atoms in total. The van der Waals surface area contributed by atoms with Crippen LogP contribution in [0, 0.1) is 11.3 Å². The SMILES string of the molecule is C[C@@H](c1nnc(SCC(=O)Nc2sccc2C#N)n1-c1ccc(Cl)cc1)N1CCCCC1. The number of carbonyl (C=O) groups is 1. The van der Waals surface area contributed by atoms with E-state index in [4.69, 9.17) is 16.9 Å². The van der Waals surface area contributed by atoms with Crippen LogP contribution in [0.4, 0.5) is 5.00 Å². The maximum absolute atomic E-state index is 12.5. The molecule has 1 fully saturated rings. The molecule has 0 radical (unpaired) electrons. The number of nitrogens with zero attached hydrogens (tertiary/aromatic N) is 5. The number of anilines is 1. The van der Waals surface area contributed by atoms with Crippen molar-refractivity contribution in [3.05, 3.63) is 52.1 Å². The van der Waals surface area contributed by atoms with Gasteiger partial charge in [-0.3, -0.25) is 14.3 Å². The highest BCUT2D eigenvalue weighted by atomic mass is 35.5. The van der Waals surface area contributed by atoms with Crippen molar-refractivity contribution in [2.24, 2.45) is 0 Å². The number of nitriles is 1. The lowest BCUT2D eigenvalue weighted by Crippen LogP contribution is -2.33. The fourth-order valence-corrected chi connectivity index (χ4v) is 5.37. The Labute approximate surface area is 200 Å². The van der Waals surface area contributed by atoms with E-state index in [0.29, 0.717) is 20.7 Å². The Balaban J connectivity index is 1.56. The lowest BCUT2D eigenvalue weighted by Gasteiger charge is -2.31. The molecule has 10 heteroatoms. The molecule has 1 saturated heterocycles. The Hall–Kier alpha value is -2.38. The molecule has 3 aromatic rings. The number of carbonyl (C=O) groups excluding carboxylic acids is 1. The van der Waals surface area contributed by atoms with Gasteiger partial charge in [0.25, 0.3) is 0 Å². The molecule has 1 amide bonds. The predicted molar refractivity (Wildman–Crippen MR) is 129 cm³/mol. The molecule has 0 bridgehead atoms. The second-order valence-corrected chi connectivity index (χ2v) is 9.83. The van der Waals surface area contributed by atoms with Crippen molar-refractivity contribution in [2.45, 2.75) is 37.4 Å². The molecule has 3 heterocycles. The molecule has 0 spiro atoms. The van der Waals surface area contributed by atoms with Crippen molar-refractivity contribution in [3.8, 4) is 11.8 Å². The minimum atomic E-state index is -0.190. The fourth-order valence-electron chi connectivity index (χ4n) is 3.73. The average molecular weight is 487 g/mol. The molecule has 0 aliphatic carbocycles. The highest BCUT2D eigenvalue weighted by molar-refractivity contribution is 7.99. The lowest BCUT2D eigenvalue weighted by atomic mass is 10.1. The highest BCUT2D eigenvalue weighted by Crippen LogP contribution is 2.30. The van der Waals surface area contributed by atoms with Crippen molar-refractivity contribution >= 4 is 45.6 Å². The van der Waals surface area contributed by atoms with Crippen LogP contribution in [0.5, 0.6) is 0 Å². The number of hydrogen-bond donors (Lipinski definition) is 1. The quantitative estimate of drug-likeness (QED) is 0.466. The molecule has 0 unspecified atom stereocenters. The Morgan fingerprint density at radius 2 is 2.00 bits per heavy atom. The Morgan fingerprint density at radius 1 is 1.25 bits per heavy atom. The van der Waals surface area contributed by atoms with Crippen molar-refractivity contribution in [3.63, 3.8) is 0 Å². The minimum Gasteiger partial charge on any atom is -0.316 e. The molecule has 4 rings (SSSR count). The van der Waals surface area contributed by atoms with E-state index < -0.39 is 0 Å². The van der Waals surface area contributed by atoms with Gasteiger partial charge in [0.2, 0.25) is 5.91 Å². The summed E-state index contributed by atoms with van der Waals surface area (Å²) < 4.78 is 2.01. The first kappa shape index (κ1) is 22.8. The number of rotatable bonds is 7. The van der Waals surface area contributed by atoms with E-state index in [2.05, 4.69) is 33.4 Å². The van der Waals surface area contributed by atoms with E-state index in [1.165, 1.54) is 42.4 Å². The summed E-state index contributed by atoms with van der Waals surface area (Å²) in [7, 11) is 0. The molecule has 166 valence electrons. The lowest BCUT2D eigenvalue weighted by molar-refractivity contribution is -0.113. The number of amides is 1. The third kappa shape index (κ3) is 5.15. The number of halogens is 1. The van der Waals surface area contributed by atoms with Gasteiger partial charge in [-0.25, -0.2) is 0 Å². The first-order valence-electron chi connectivity index (χ1n) is 10.4. The van der Waals surface area contributed by atoms with E-state index >= 15 is 0 Å². The smallest absolute Gasteiger partial charge is 0.235 e. The van der Waals surface area contributed by atoms with Crippen molar-refractivity contribution < 1.29 is 4.79 Å². The van der Waals surface area contributed by atoms with E-state index in [1.54, 1.807) is 11.4 Å². The number of nitrogens with one attached hydrogen (secondary N) is 1. The third-order valence-electron chi connectivity index (χ3n) is 5.43. The largest absolute Gasteiger partial charge is 0.316 e. The van der Waals surface area contributed by atoms with E-state index in [0.717, 1.165) is 24.6 Å². The van der Waals surface area contributed by atoms with Gasteiger partial charge < -0.3 is 5.32 Å². The summed E-state index contributed by atoms with van der Waals surface area (Å²) in [4.78, 5) is 14.9. The molecule has 1 aliphatic heterocycles. The second kappa shape index (κ2) is 10.5. The molecular formula is C22H23ClN6OS2. The second-order valence-electron chi connectivity index (χ2n) is 7.54. The molecule has 1 aromatic carbocycles. The topological polar surface area (TPSA) is 86.8 Å². The average Bonchev–Trinajstić information content (AvgIpc) is 3.45. The van der Waals surface area contributed by atoms with Crippen LogP contribution in [-0.2, 0) is 4.79 Å².